The molecular weight excluding hydrogens is 462 g/mol. The molecule has 4 aromatic rings. The minimum Gasteiger partial charge on any atom is -0.349 e. The summed E-state index contributed by atoms with van der Waals surface area (Å²) >= 11 is 0. The maximum Gasteiger partial charge on any atom is 0.255 e. The Labute approximate surface area is 217 Å². The van der Waals surface area contributed by atoms with Crippen LogP contribution >= 0.6 is 0 Å². The van der Waals surface area contributed by atoms with Crippen molar-refractivity contribution in [1.29, 1.82) is 0 Å². The number of hydrogen-bond donors (Lipinski definition) is 2. The Balaban J connectivity index is 1.24. The van der Waals surface area contributed by atoms with Gasteiger partial charge in [-0.2, -0.15) is 5.10 Å². The number of nitrogens with zero attached hydrogens (tertiary/aromatic N) is 3. The number of aryl methyl sites for hydroxylation is 1. The Hall–Kier alpha value is -4.23. The van der Waals surface area contributed by atoms with Crippen LogP contribution in [0.3, 0.4) is 0 Å². The number of benzene rings is 3. The van der Waals surface area contributed by atoms with Gasteiger partial charge in [0.15, 0.2) is 0 Å². The molecule has 0 unspecified atom stereocenters. The van der Waals surface area contributed by atoms with Crippen molar-refractivity contribution in [2.24, 2.45) is 0 Å². The summed E-state index contributed by atoms with van der Waals surface area (Å²) in [5, 5.41) is 10.9. The highest BCUT2D eigenvalue weighted by atomic mass is 16.2. The highest BCUT2D eigenvalue weighted by Crippen LogP contribution is 2.25. The normalized spacial score (nSPS) is 14.3. The molecular formula is C30H31N5O2. The fourth-order valence-electron chi connectivity index (χ4n) is 4.68. The standard InChI is InChI=1S/C30H31N5O2/c1-22-9-8-10-23(19-22)29-27(20-35(33-29)26-13-6-3-7-14-26)30(37)32-25-15-17-34(18-16-25)21-28(36)31-24-11-4-2-5-12-24/h2-14,19-20,25H,15-18,21H2,1H3,(H,31,36)(H,32,37). The van der Waals surface area contributed by atoms with Crippen LogP contribution in [-0.2, 0) is 4.79 Å². The van der Waals surface area contributed by atoms with Gasteiger partial charge in [-0.05, 0) is 50.1 Å². The zero-order chi connectivity index (χ0) is 25.6. The first-order chi connectivity index (χ1) is 18.0. The number of piperidine rings is 1. The molecule has 7 heteroatoms. The quantitative estimate of drug-likeness (QED) is 0.392. The van der Waals surface area contributed by atoms with Gasteiger partial charge < -0.3 is 10.6 Å². The number of carbonyl (C=O) groups excluding carboxylic acids is 2. The molecule has 0 atom stereocenters. The number of amides is 2. The van der Waals surface area contributed by atoms with Gasteiger partial charge in [0.25, 0.3) is 5.91 Å². The van der Waals surface area contributed by atoms with Gasteiger partial charge in [0.2, 0.25) is 5.91 Å². The maximum atomic E-state index is 13.5. The highest BCUT2D eigenvalue weighted by Gasteiger charge is 2.25. The van der Waals surface area contributed by atoms with Gasteiger partial charge in [0.05, 0.1) is 17.8 Å². The molecule has 1 fully saturated rings. The van der Waals surface area contributed by atoms with E-state index in [1.54, 1.807) is 4.68 Å². The Kier molecular flexibility index (Phi) is 7.42. The summed E-state index contributed by atoms with van der Waals surface area (Å²) in [5.41, 5.74) is 4.95. The summed E-state index contributed by atoms with van der Waals surface area (Å²) in [6.07, 6.45) is 3.39. The zero-order valence-electron chi connectivity index (χ0n) is 20.9. The molecule has 0 radical (unpaired) electrons. The second-order valence-corrected chi connectivity index (χ2v) is 9.48. The summed E-state index contributed by atoms with van der Waals surface area (Å²) in [6, 6.07) is 27.4. The molecule has 2 heterocycles. The summed E-state index contributed by atoms with van der Waals surface area (Å²) in [5.74, 6) is -0.149. The van der Waals surface area contributed by atoms with E-state index in [0.29, 0.717) is 17.8 Å². The van der Waals surface area contributed by atoms with Crippen LogP contribution in [0.15, 0.2) is 91.1 Å². The number of carbonyl (C=O) groups is 2. The van der Waals surface area contributed by atoms with E-state index in [1.165, 1.54) is 0 Å². The third-order valence-corrected chi connectivity index (χ3v) is 6.62. The Morgan fingerprint density at radius 1 is 0.919 bits per heavy atom. The van der Waals surface area contributed by atoms with Crippen molar-refractivity contribution in [2.45, 2.75) is 25.8 Å². The smallest absolute Gasteiger partial charge is 0.255 e. The molecule has 0 saturated carbocycles. The van der Waals surface area contributed by atoms with Crippen molar-refractivity contribution in [2.75, 3.05) is 25.0 Å². The van der Waals surface area contributed by atoms with E-state index < -0.39 is 0 Å². The number of hydrogen-bond acceptors (Lipinski definition) is 4. The Morgan fingerprint density at radius 2 is 1.62 bits per heavy atom. The average molecular weight is 494 g/mol. The SMILES string of the molecule is Cc1cccc(-c2nn(-c3ccccc3)cc2C(=O)NC2CCN(CC(=O)Nc3ccccc3)CC2)c1. The number of rotatable bonds is 7. The fourth-order valence-corrected chi connectivity index (χ4v) is 4.68. The molecule has 3 aromatic carbocycles. The van der Waals surface area contributed by atoms with E-state index in [-0.39, 0.29) is 17.9 Å². The molecule has 1 aliphatic heterocycles. The first-order valence-corrected chi connectivity index (χ1v) is 12.7. The molecule has 1 aliphatic rings. The summed E-state index contributed by atoms with van der Waals surface area (Å²) in [7, 11) is 0. The molecule has 1 aromatic heterocycles. The molecule has 0 aliphatic carbocycles. The van der Waals surface area contributed by atoms with E-state index in [9.17, 15) is 9.59 Å². The van der Waals surface area contributed by atoms with Crippen molar-refractivity contribution in [3.8, 4) is 16.9 Å². The van der Waals surface area contributed by atoms with Gasteiger partial charge in [-0.1, -0.05) is 60.2 Å². The van der Waals surface area contributed by atoms with Gasteiger partial charge in [-0.15, -0.1) is 0 Å². The van der Waals surface area contributed by atoms with Crippen molar-refractivity contribution < 1.29 is 9.59 Å². The second-order valence-electron chi connectivity index (χ2n) is 9.48. The monoisotopic (exact) mass is 493 g/mol. The fraction of sp³-hybridized carbons (Fsp3) is 0.233. The Morgan fingerprint density at radius 3 is 2.32 bits per heavy atom. The molecule has 2 N–H and O–H groups in total. The minimum atomic E-state index is -0.126. The summed E-state index contributed by atoms with van der Waals surface area (Å²) in [4.78, 5) is 28.0. The first-order valence-electron chi connectivity index (χ1n) is 12.7. The van der Waals surface area contributed by atoms with Gasteiger partial charge in [-0.3, -0.25) is 14.5 Å². The molecule has 188 valence electrons. The third kappa shape index (κ3) is 6.13. The summed E-state index contributed by atoms with van der Waals surface area (Å²) < 4.78 is 1.76. The van der Waals surface area contributed by atoms with Crippen LogP contribution in [0.25, 0.3) is 16.9 Å². The first kappa shape index (κ1) is 24.5. The van der Waals surface area contributed by atoms with Gasteiger partial charge in [0.1, 0.15) is 5.69 Å². The average Bonchev–Trinajstić information content (AvgIpc) is 3.37. The summed E-state index contributed by atoms with van der Waals surface area (Å²) in [6.45, 7) is 3.88. The third-order valence-electron chi connectivity index (χ3n) is 6.62. The van der Waals surface area contributed by atoms with Crippen LogP contribution in [0, 0.1) is 6.92 Å². The molecule has 1 saturated heterocycles. The molecule has 2 amide bonds. The number of anilines is 1. The predicted octanol–water partition coefficient (Wildman–Crippen LogP) is 4.68. The zero-order valence-corrected chi connectivity index (χ0v) is 20.9. The van der Waals surface area contributed by atoms with Crippen LogP contribution in [0.2, 0.25) is 0 Å². The maximum absolute atomic E-state index is 13.5. The molecule has 37 heavy (non-hydrogen) atoms. The van der Waals surface area contributed by atoms with E-state index in [2.05, 4.69) is 15.5 Å². The Bertz CT molecular complexity index is 1360. The van der Waals surface area contributed by atoms with E-state index >= 15 is 0 Å². The van der Waals surface area contributed by atoms with Crippen molar-refractivity contribution in [3.63, 3.8) is 0 Å². The number of likely N-dealkylation sites (tertiary alicyclic amines) is 1. The van der Waals surface area contributed by atoms with Crippen molar-refractivity contribution >= 4 is 17.5 Å². The number of para-hydroxylation sites is 2. The topological polar surface area (TPSA) is 79.3 Å². The lowest BCUT2D eigenvalue weighted by atomic mass is 10.0. The van der Waals surface area contributed by atoms with Crippen LogP contribution in [0.1, 0.15) is 28.8 Å². The van der Waals surface area contributed by atoms with Crippen LogP contribution in [-0.4, -0.2) is 52.2 Å². The molecule has 0 spiro atoms. The predicted molar refractivity (Wildman–Crippen MR) is 146 cm³/mol. The largest absolute Gasteiger partial charge is 0.349 e. The van der Waals surface area contributed by atoms with E-state index in [0.717, 1.165) is 48.4 Å². The lowest BCUT2D eigenvalue weighted by Crippen LogP contribution is -2.46. The van der Waals surface area contributed by atoms with Gasteiger partial charge in [-0.25, -0.2) is 4.68 Å². The van der Waals surface area contributed by atoms with E-state index in [4.69, 9.17) is 5.10 Å². The number of aromatic nitrogens is 2. The lowest BCUT2D eigenvalue weighted by Gasteiger charge is -2.31. The second kappa shape index (κ2) is 11.2. The number of nitrogens with one attached hydrogen (secondary N) is 2. The molecule has 5 rings (SSSR count). The van der Waals surface area contributed by atoms with Crippen LogP contribution in [0.5, 0.6) is 0 Å². The van der Waals surface area contributed by atoms with Crippen molar-refractivity contribution in [1.82, 2.24) is 20.0 Å². The molecule has 0 bridgehead atoms. The minimum absolute atomic E-state index is 0.0233. The van der Waals surface area contributed by atoms with Crippen molar-refractivity contribution in [3.05, 3.63) is 102 Å². The lowest BCUT2D eigenvalue weighted by molar-refractivity contribution is -0.117. The van der Waals surface area contributed by atoms with Crippen LogP contribution < -0.4 is 10.6 Å². The van der Waals surface area contributed by atoms with Crippen LogP contribution in [0.4, 0.5) is 5.69 Å². The van der Waals surface area contributed by atoms with Gasteiger partial charge in [0, 0.05) is 36.6 Å². The molecule has 7 nitrogen and oxygen atoms in total. The van der Waals surface area contributed by atoms with E-state index in [1.807, 2.05) is 98.0 Å². The van der Waals surface area contributed by atoms with Gasteiger partial charge >= 0.3 is 0 Å². The highest BCUT2D eigenvalue weighted by molar-refractivity contribution is 6.00.